The van der Waals surface area contributed by atoms with E-state index in [-0.39, 0.29) is 30.2 Å². The number of anilines is 1. The molecule has 3 rings (SSSR count). The maximum absolute atomic E-state index is 12.3. The number of nitrogens with one attached hydrogen (secondary N) is 2. The molecule has 0 aromatic heterocycles. The number of hydrogen-bond acceptors (Lipinski definition) is 4. The van der Waals surface area contributed by atoms with Gasteiger partial charge in [-0.25, -0.2) is 0 Å². The Labute approximate surface area is 178 Å². The van der Waals surface area contributed by atoms with Gasteiger partial charge in [0.05, 0.1) is 6.61 Å². The Bertz CT molecular complexity index is 827. The third kappa shape index (κ3) is 6.51. The lowest BCUT2D eigenvalue weighted by molar-refractivity contribution is -0.125. The summed E-state index contributed by atoms with van der Waals surface area (Å²) in [6.07, 6.45) is 4.38. The summed E-state index contributed by atoms with van der Waals surface area (Å²) < 4.78 is 11.2. The van der Waals surface area contributed by atoms with Gasteiger partial charge < -0.3 is 20.1 Å². The molecule has 1 unspecified atom stereocenters. The lowest BCUT2D eigenvalue weighted by Gasteiger charge is -2.17. The lowest BCUT2D eigenvalue weighted by atomic mass is 10.1. The molecule has 2 aromatic carbocycles. The summed E-state index contributed by atoms with van der Waals surface area (Å²) in [7, 11) is 0. The third-order valence-electron chi connectivity index (χ3n) is 5.11. The minimum Gasteiger partial charge on any atom is -0.494 e. The van der Waals surface area contributed by atoms with Gasteiger partial charge in [0.15, 0.2) is 0 Å². The molecule has 0 aliphatic heterocycles. The van der Waals surface area contributed by atoms with Crippen molar-refractivity contribution in [2.75, 3.05) is 11.9 Å². The SMILES string of the molecule is CCOc1ccc(Oc2ccc(NC(=O)CC(C)NC(=O)C3CCCC3)cc2)cc1. The molecular weight excluding hydrogens is 380 g/mol. The van der Waals surface area contributed by atoms with Gasteiger partial charge in [-0.3, -0.25) is 9.59 Å². The van der Waals surface area contributed by atoms with Crippen LogP contribution in [0.25, 0.3) is 0 Å². The molecule has 0 saturated heterocycles. The minimum atomic E-state index is -0.194. The Morgan fingerprint density at radius 2 is 1.53 bits per heavy atom. The zero-order chi connectivity index (χ0) is 21.3. The van der Waals surface area contributed by atoms with Crippen LogP contribution in [0.2, 0.25) is 0 Å². The zero-order valence-corrected chi connectivity index (χ0v) is 17.6. The van der Waals surface area contributed by atoms with Crippen LogP contribution in [0, 0.1) is 5.92 Å². The number of benzene rings is 2. The highest BCUT2D eigenvalue weighted by molar-refractivity contribution is 5.91. The van der Waals surface area contributed by atoms with Crippen LogP contribution in [-0.2, 0) is 9.59 Å². The molecule has 0 bridgehead atoms. The highest BCUT2D eigenvalue weighted by atomic mass is 16.5. The predicted octanol–water partition coefficient (Wildman–Crippen LogP) is 4.90. The number of carbonyl (C=O) groups is 2. The van der Waals surface area contributed by atoms with Crippen molar-refractivity contribution in [1.82, 2.24) is 5.32 Å². The molecular formula is C24H30N2O4. The Morgan fingerprint density at radius 3 is 2.13 bits per heavy atom. The molecule has 0 heterocycles. The molecule has 2 N–H and O–H groups in total. The first kappa shape index (κ1) is 21.7. The van der Waals surface area contributed by atoms with E-state index in [1.165, 1.54) is 0 Å². The molecule has 1 aliphatic rings. The van der Waals surface area contributed by atoms with E-state index < -0.39 is 0 Å². The van der Waals surface area contributed by atoms with Crippen LogP contribution < -0.4 is 20.1 Å². The first-order chi connectivity index (χ1) is 14.5. The number of rotatable bonds is 9. The van der Waals surface area contributed by atoms with Crippen molar-refractivity contribution in [1.29, 1.82) is 0 Å². The van der Waals surface area contributed by atoms with E-state index >= 15 is 0 Å². The van der Waals surface area contributed by atoms with E-state index in [0.717, 1.165) is 31.4 Å². The van der Waals surface area contributed by atoms with E-state index in [1.807, 2.05) is 38.1 Å². The second-order valence-electron chi connectivity index (χ2n) is 7.67. The Hall–Kier alpha value is -3.02. The molecule has 2 aromatic rings. The molecule has 1 atom stereocenters. The van der Waals surface area contributed by atoms with Crippen LogP contribution in [0.5, 0.6) is 17.2 Å². The van der Waals surface area contributed by atoms with Crippen molar-refractivity contribution in [3.8, 4) is 17.2 Å². The number of amides is 2. The fourth-order valence-electron chi connectivity index (χ4n) is 3.60. The molecule has 0 radical (unpaired) electrons. The maximum atomic E-state index is 12.3. The molecule has 160 valence electrons. The summed E-state index contributed by atoms with van der Waals surface area (Å²) in [4.78, 5) is 24.5. The smallest absolute Gasteiger partial charge is 0.226 e. The third-order valence-corrected chi connectivity index (χ3v) is 5.11. The molecule has 30 heavy (non-hydrogen) atoms. The normalized spacial score (nSPS) is 14.7. The first-order valence-electron chi connectivity index (χ1n) is 10.6. The van der Waals surface area contributed by atoms with Crippen molar-refractivity contribution >= 4 is 17.5 Å². The van der Waals surface area contributed by atoms with Gasteiger partial charge in [-0.2, -0.15) is 0 Å². The fraction of sp³-hybridized carbons (Fsp3) is 0.417. The molecule has 6 heteroatoms. The van der Waals surface area contributed by atoms with Gasteiger partial charge in [0.25, 0.3) is 0 Å². The number of carbonyl (C=O) groups excluding carboxylic acids is 2. The van der Waals surface area contributed by atoms with E-state index in [9.17, 15) is 9.59 Å². The van der Waals surface area contributed by atoms with Crippen molar-refractivity contribution in [3.05, 3.63) is 48.5 Å². The maximum Gasteiger partial charge on any atom is 0.226 e. The number of ether oxygens (including phenoxy) is 2. The second-order valence-corrected chi connectivity index (χ2v) is 7.67. The predicted molar refractivity (Wildman–Crippen MR) is 117 cm³/mol. The summed E-state index contributed by atoms with van der Waals surface area (Å²) in [5.74, 6) is 2.24. The lowest BCUT2D eigenvalue weighted by Crippen LogP contribution is -2.38. The molecule has 0 spiro atoms. The van der Waals surface area contributed by atoms with Gasteiger partial charge in [-0.15, -0.1) is 0 Å². The van der Waals surface area contributed by atoms with Crippen LogP contribution in [0.15, 0.2) is 48.5 Å². The van der Waals surface area contributed by atoms with Gasteiger partial charge in [-0.05, 0) is 75.2 Å². The Morgan fingerprint density at radius 1 is 0.967 bits per heavy atom. The van der Waals surface area contributed by atoms with Crippen LogP contribution in [0.4, 0.5) is 5.69 Å². The van der Waals surface area contributed by atoms with Crippen LogP contribution in [0.1, 0.15) is 46.0 Å². The topological polar surface area (TPSA) is 76.7 Å². The minimum absolute atomic E-state index is 0.0728. The summed E-state index contributed by atoms with van der Waals surface area (Å²) in [5.41, 5.74) is 0.688. The van der Waals surface area contributed by atoms with Crippen molar-refractivity contribution in [3.63, 3.8) is 0 Å². The highest BCUT2D eigenvalue weighted by Crippen LogP contribution is 2.26. The van der Waals surface area contributed by atoms with Gasteiger partial charge >= 0.3 is 0 Å². The van der Waals surface area contributed by atoms with Gasteiger partial charge in [0, 0.05) is 24.1 Å². The number of hydrogen-bond donors (Lipinski definition) is 2. The second kappa shape index (κ2) is 10.7. The average molecular weight is 411 g/mol. The molecule has 6 nitrogen and oxygen atoms in total. The van der Waals surface area contributed by atoms with Crippen LogP contribution in [-0.4, -0.2) is 24.5 Å². The average Bonchev–Trinajstić information content (AvgIpc) is 3.26. The molecule has 1 aliphatic carbocycles. The van der Waals surface area contributed by atoms with E-state index in [4.69, 9.17) is 9.47 Å². The van der Waals surface area contributed by atoms with Crippen LogP contribution >= 0.6 is 0 Å². The largest absolute Gasteiger partial charge is 0.494 e. The van der Waals surface area contributed by atoms with Crippen LogP contribution in [0.3, 0.4) is 0 Å². The molecule has 1 saturated carbocycles. The van der Waals surface area contributed by atoms with Crippen molar-refractivity contribution in [2.24, 2.45) is 5.92 Å². The zero-order valence-electron chi connectivity index (χ0n) is 17.6. The highest BCUT2D eigenvalue weighted by Gasteiger charge is 2.24. The standard InChI is InChI=1S/C24H30N2O4/c1-3-29-20-12-14-22(15-13-20)30-21-10-8-19(9-11-21)26-23(27)16-17(2)25-24(28)18-6-4-5-7-18/h8-15,17-18H,3-7,16H2,1-2H3,(H,25,28)(H,26,27). The van der Waals surface area contributed by atoms with Gasteiger partial charge in [0.2, 0.25) is 11.8 Å². The van der Waals surface area contributed by atoms with Crippen molar-refractivity contribution < 1.29 is 19.1 Å². The van der Waals surface area contributed by atoms with E-state index in [1.54, 1.807) is 24.3 Å². The summed E-state index contributed by atoms with van der Waals surface area (Å²) in [5, 5.41) is 5.82. The van der Waals surface area contributed by atoms with Gasteiger partial charge in [-0.1, -0.05) is 12.8 Å². The molecule has 2 amide bonds. The van der Waals surface area contributed by atoms with Gasteiger partial charge in [0.1, 0.15) is 17.2 Å². The Kier molecular flexibility index (Phi) is 7.71. The summed E-state index contributed by atoms with van der Waals surface area (Å²) in [6.45, 7) is 4.43. The monoisotopic (exact) mass is 410 g/mol. The molecule has 1 fully saturated rings. The summed E-state index contributed by atoms with van der Waals surface area (Å²) >= 11 is 0. The van der Waals surface area contributed by atoms with Crippen molar-refractivity contribution in [2.45, 2.75) is 52.0 Å². The summed E-state index contributed by atoms with van der Waals surface area (Å²) in [6, 6.07) is 14.4. The fourth-order valence-corrected chi connectivity index (χ4v) is 3.60. The first-order valence-corrected chi connectivity index (χ1v) is 10.6. The quantitative estimate of drug-likeness (QED) is 0.616. The van der Waals surface area contributed by atoms with E-state index in [2.05, 4.69) is 10.6 Å². The Balaban J connectivity index is 1.45. The van der Waals surface area contributed by atoms with E-state index in [0.29, 0.717) is 23.8 Å².